The molecule has 1 unspecified atom stereocenters. The molecule has 3 N–H and O–H groups in total. The van der Waals surface area contributed by atoms with Crippen molar-refractivity contribution in [2.45, 2.75) is 70.8 Å². The second kappa shape index (κ2) is 21.1. The van der Waals surface area contributed by atoms with Crippen LogP contribution in [0.25, 0.3) is 0 Å². The number of nitrogens with one attached hydrogen (secondary N) is 1. The lowest BCUT2D eigenvalue weighted by molar-refractivity contribution is -0.147. The van der Waals surface area contributed by atoms with E-state index in [1.807, 2.05) is 18.2 Å². The average molecular weight is 444 g/mol. The van der Waals surface area contributed by atoms with E-state index < -0.39 is 30.3 Å². The third-order valence-electron chi connectivity index (χ3n) is 4.15. The minimum Gasteiger partial charge on any atom is -0.481 e. The van der Waals surface area contributed by atoms with Crippen LogP contribution in [0, 0.1) is 0 Å². The van der Waals surface area contributed by atoms with Gasteiger partial charge in [-0.3, -0.25) is 9.59 Å². The molecule has 0 aromatic heterocycles. The van der Waals surface area contributed by atoms with Crippen LogP contribution >= 0.6 is 0 Å². The first-order valence-corrected chi connectivity index (χ1v) is 11.1. The highest BCUT2D eigenvalue weighted by atomic mass is 16.4. The van der Waals surface area contributed by atoms with E-state index in [1.165, 1.54) is 0 Å². The van der Waals surface area contributed by atoms with Gasteiger partial charge in [0.1, 0.15) is 6.04 Å². The lowest BCUT2D eigenvalue weighted by Crippen LogP contribution is -2.42. The topological polar surface area (TPSA) is 104 Å². The first kappa shape index (κ1) is 28.9. The van der Waals surface area contributed by atoms with Crippen molar-refractivity contribution in [1.29, 1.82) is 0 Å². The maximum atomic E-state index is 11.7. The Balaban J connectivity index is 3.80. The van der Waals surface area contributed by atoms with Crippen molar-refractivity contribution in [3.05, 3.63) is 72.9 Å². The number of aliphatic carboxylic acids is 2. The first-order valence-electron chi connectivity index (χ1n) is 11.1. The summed E-state index contributed by atoms with van der Waals surface area (Å²) in [5, 5.41) is 19.8. The van der Waals surface area contributed by atoms with Crippen molar-refractivity contribution in [3.63, 3.8) is 0 Å². The number of amides is 1. The fourth-order valence-corrected chi connectivity index (χ4v) is 2.50. The van der Waals surface area contributed by atoms with E-state index in [1.54, 1.807) is 0 Å². The van der Waals surface area contributed by atoms with Crippen LogP contribution < -0.4 is 5.32 Å². The molecule has 0 heterocycles. The Morgan fingerprint density at radius 1 is 0.688 bits per heavy atom. The predicted molar refractivity (Wildman–Crippen MR) is 129 cm³/mol. The van der Waals surface area contributed by atoms with Gasteiger partial charge in [0.15, 0.2) is 0 Å². The summed E-state index contributed by atoms with van der Waals surface area (Å²) < 4.78 is 0. The number of carboxylic acids is 2. The standard InChI is InChI=1S/C26H37NO5/c1-2-3-4-5-6-7-8-9-10-11-12-13-14-15-16-17-18-19-20-21-24(28)27-23(26(31)32)22-25(29)30/h3-4,6-7,9-10,12-13,15-16,18-19,23H,2,5,8,11,14,17,20-22H2,1H3,(H,27,28)(H,29,30)(H,31,32)/b4-3+,7-6+,10-9+,13-12+,16-15+,19-18+. The zero-order valence-corrected chi connectivity index (χ0v) is 19.0. The highest BCUT2D eigenvalue weighted by Gasteiger charge is 2.22. The number of carbonyl (C=O) groups excluding carboxylic acids is 1. The third-order valence-corrected chi connectivity index (χ3v) is 4.15. The van der Waals surface area contributed by atoms with Gasteiger partial charge in [0, 0.05) is 6.42 Å². The van der Waals surface area contributed by atoms with E-state index in [0.29, 0.717) is 6.42 Å². The fraction of sp³-hybridized carbons (Fsp3) is 0.423. The summed E-state index contributed by atoms with van der Waals surface area (Å²) >= 11 is 0. The number of allylic oxidation sites excluding steroid dienone is 12. The number of hydrogen-bond donors (Lipinski definition) is 3. The first-order chi connectivity index (χ1) is 15.5. The summed E-state index contributed by atoms with van der Waals surface area (Å²) in [7, 11) is 0. The van der Waals surface area contributed by atoms with E-state index in [2.05, 4.69) is 66.9 Å². The van der Waals surface area contributed by atoms with Crippen LogP contribution in [0.1, 0.15) is 64.7 Å². The van der Waals surface area contributed by atoms with E-state index >= 15 is 0 Å². The van der Waals surface area contributed by atoms with Crippen LogP contribution in [-0.2, 0) is 14.4 Å². The van der Waals surface area contributed by atoms with Crippen molar-refractivity contribution >= 4 is 17.8 Å². The smallest absolute Gasteiger partial charge is 0.326 e. The molecular formula is C26H37NO5. The molecule has 0 aromatic rings. The van der Waals surface area contributed by atoms with Gasteiger partial charge in [-0.05, 0) is 44.9 Å². The SMILES string of the molecule is CC/C=C/C/C=C/C/C=C/C/C=C/C/C=C/C/C=C/CCC(=O)NC(CC(=O)O)C(=O)O. The second-order valence-corrected chi connectivity index (χ2v) is 7.01. The van der Waals surface area contributed by atoms with Crippen molar-refractivity contribution in [1.82, 2.24) is 5.32 Å². The summed E-state index contributed by atoms with van der Waals surface area (Å²) in [4.78, 5) is 33.2. The summed E-state index contributed by atoms with van der Waals surface area (Å²) in [6.07, 6.45) is 30.7. The van der Waals surface area contributed by atoms with Crippen LogP contribution in [0.5, 0.6) is 0 Å². The molecule has 0 aliphatic heterocycles. The molecule has 0 spiro atoms. The van der Waals surface area contributed by atoms with Crippen molar-refractivity contribution < 1.29 is 24.6 Å². The van der Waals surface area contributed by atoms with E-state index in [0.717, 1.165) is 38.5 Å². The van der Waals surface area contributed by atoms with E-state index in [-0.39, 0.29) is 6.42 Å². The normalized spacial score (nSPS) is 13.4. The van der Waals surface area contributed by atoms with Gasteiger partial charge in [0.2, 0.25) is 5.91 Å². The molecule has 0 aliphatic carbocycles. The van der Waals surface area contributed by atoms with Gasteiger partial charge in [-0.1, -0.05) is 79.8 Å². The molecule has 0 aromatic carbocycles. The van der Waals surface area contributed by atoms with Gasteiger partial charge in [0.05, 0.1) is 6.42 Å². The molecule has 0 radical (unpaired) electrons. The van der Waals surface area contributed by atoms with Gasteiger partial charge in [-0.25, -0.2) is 4.79 Å². The van der Waals surface area contributed by atoms with Gasteiger partial charge in [0.25, 0.3) is 0 Å². The molecule has 0 saturated carbocycles. The van der Waals surface area contributed by atoms with Crippen molar-refractivity contribution in [3.8, 4) is 0 Å². The Labute approximate surface area is 191 Å². The average Bonchev–Trinajstić information content (AvgIpc) is 2.74. The largest absolute Gasteiger partial charge is 0.481 e. The minimum absolute atomic E-state index is 0.117. The molecule has 0 rings (SSSR count). The molecule has 1 amide bonds. The molecule has 1 atom stereocenters. The van der Waals surface area contributed by atoms with Gasteiger partial charge in [-0.15, -0.1) is 0 Å². The highest BCUT2D eigenvalue weighted by molar-refractivity contribution is 5.86. The third kappa shape index (κ3) is 20.1. The molecule has 0 saturated heterocycles. The predicted octanol–water partition coefficient (Wildman–Crippen LogP) is 5.51. The van der Waals surface area contributed by atoms with Crippen molar-refractivity contribution in [2.75, 3.05) is 0 Å². The van der Waals surface area contributed by atoms with Crippen LogP contribution in [0.4, 0.5) is 0 Å². The number of hydrogen-bond acceptors (Lipinski definition) is 3. The summed E-state index contributed by atoms with van der Waals surface area (Å²) in [5.41, 5.74) is 0. The van der Waals surface area contributed by atoms with Crippen molar-refractivity contribution in [2.24, 2.45) is 0 Å². The Hall–Kier alpha value is -3.15. The molecule has 0 fully saturated rings. The zero-order chi connectivity index (χ0) is 23.9. The summed E-state index contributed by atoms with van der Waals surface area (Å²) in [6, 6.07) is -1.40. The molecule has 6 heteroatoms. The molecule has 0 bridgehead atoms. The van der Waals surface area contributed by atoms with Gasteiger partial charge >= 0.3 is 11.9 Å². The molecular weight excluding hydrogens is 406 g/mol. The fourth-order valence-electron chi connectivity index (χ4n) is 2.50. The Bertz CT molecular complexity index is 714. The zero-order valence-electron chi connectivity index (χ0n) is 19.0. The lowest BCUT2D eigenvalue weighted by Gasteiger charge is -2.11. The number of carbonyl (C=O) groups is 3. The second-order valence-electron chi connectivity index (χ2n) is 7.01. The Morgan fingerprint density at radius 2 is 1.09 bits per heavy atom. The van der Waals surface area contributed by atoms with Gasteiger partial charge < -0.3 is 15.5 Å². The van der Waals surface area contributed by atoms with Crippen LogP contribution in [0.2, 0.25) is 0 Å². The van der Waals surface area contributed by atoms with E-state index in [4.69, 9.17) is 10.2 Å². The highest BCUT2D eigenvalue weighted by Crippen LogP contribution is 1.99. The van der Waals surface area contributed by atoms with E-state index in [9.17, 15) is 14.4 Å². The minimum atomic E-state index is -1.40. The quantitative estimate of drug-likeness (QED) is 0.242. The summed E-state index contributed by atoms with van der Waals surface area (Å²) in [6.45, 7) is 2.13. The van der Waals surface area contributed by atoms with Gasteiger partial charge in [-0.2, -0.15) is 0 Å². The molecule has 0 aliphatic rings. The van der Waals surface area contributed by atoms with Crippen LogP contribution in [0.3, 0.4) is 0 Å². The molecule has 32 heavy (non-hydrogen) atoms. The Morgan fingerprint density at radius 3 is 1.47 bits per heavy atom. The monoisotopic (exact) mass is 443 g/mol. The van der Waals surface area contributed by atoms with Crippen LogP contribution in [0.15, 0.2) is 72.9 Å². The number of carboxylic acid groups (broad SMARTS) is 2. The maximum Gasteiger partial charge on any atom is 0.326 e. The maximum absolute atomic E-state index is 11.7. The number of rotatable bonds is 18. The summed E-state index contributed by atoms with van der Waals surface area (Å²) in [5.74, 6) is -3.09. The molecule has 176 valence electrons. The Kier molecular flexibility index (Phi) is 19.0. The van der Waals surface area contributed by atoms with Crippen LogP contribution in [-0.4, -0.2) is 34.1 Å². The lowest BCUT2D eigenvalue weighted by atomic mass is 10.2. The molecule has 6 nitrogen and oxygen atoms in total.